The van der Waals surface area contributed by atoms with Crippen LogP contribution in [0.1, 0.15) is 12.8 Å². The summed E-state index contributed by atoms with van der Waals surface area (Å²) in [5, 5.41) is 31.2. The molecule has 6 rings (SSSR count). The number of phenolic OH excluding ortho intramolecular Hbond substituents is 1. The molecule has 4 atom stereocenters. The number of rotatable bonds is 5. The maximum atomic E-state index is 10.6. The van der Waals surface area contributed by atoms with E-state index in [1.54, 1.807) is 25.6 Å². The van der Waals surface area contributed by atoms with Gasteiger partial charge in [-0.2, -0.15) is 5.10 Å². The van der Waals surface area contributed by atoms with Gasteiger partial charge in [0, 0.05) is 38.5 Å². The van der Waals surface area contributed by atoms with Crippen molar-refractivity contribution in [3.8, 4) is 27.4 Å². The average molecular weight is 413 g/mol. The SMILES string of the molecule is COC1C2CCC(CN2)[C@H]1N(C)c1nnc(-c2ccc(-c3cn[nH]c3)cc2O)s1. The molecule has 3 fully saturated rings. The van der Waals surface area contributed by atoms with Crippen molar-refractivity contribution >= 4 is 16.5 Å². The zero-order valence-corrected chi connectivity index (χ0v) is 17.2. The van der Waals surface area contributed by atoms with Crippen LogP contribution in [0.3, 0.4) is 0 Å². The van der Waals surface area contributed by atoms with Crippen molar-refractivity contribution < 1.29 is 9.84 Å². The second-order valence-electron chi connectivity index (χ2n) is 7.76. The van der Waals surface area contributed by atoms with Gasteiger partial charge in [-0.05, 0) is 36.5 Å². The van der Waals surface area contributed by atoms with Crippen molar-refractivity contribution in [1.29, 1.82) is 0 Å². The van der Waals surface area contributed by atoms with Gasteiger partial charge in [0.2, 0.25) is 5.13 Å². The molecule has 2 saturated heterocycles. The van der Waals surface area contributed by atoms with Crippen LogP contribution in [0.4, 0.5) is 5.13 Å². The van der Waals surface area contributed by atoms with Gasteiger partial charge in [0.25, 0.3) is 0 Å². The molecule has 2 bridgehead atoms. The largest absolute Gasteiger partial charge is 0.507 e. The van der Waals surface area contributed by atoms with Gasteiger partial charge in [-0.15, -0.1) is 10.2 Å². The van der Waals surface area contributed by atoms with Crippen molar-refractivity contribution in [1.82, 2.24) is 25.7 Å². The van der Waals surface area contributed by atoms with Crippen LogP contribution in [0.25, 0.3) is 21.7 Å². The topological polar surface area (TPSA) is 99.2 Å². The zero-order valence-electron chi connectivity index (χ0n) is 16.4. The Labute approximate surface area is 172 Å². The summed E-state index contributed by atoms with van der Waals surface area (Å²) in [5.74, 6) is 0.717. The minimum atomic E-state index is 0.141. The molecular weight excluding hydrogens is 388 g/mol. The maximum Gasteiger partial charge on any atom is 0.208 e. The smallest absolute Gasteiger partial charge is 0.208 e. The molecule has 3 unspecified atom stereocenters. The van der Waals surface area contributed by atoms with Gasteiger partial charge in [0.1, 0.15) is 5.75 Å². The van der Waals surface area contributed by atoms with Crippen molar-refractivity contribution in [3.05, 3.63) is 30.6 Å². The molecule has 0 spiro atoms. The summed E-state index contributed by atoms with van der Waals surface area (Å²) >= 11 is 1.49. The number of benzene rings is 1. The van der Waals surface area contributed by atoms with Crippen LogP contribution >= 0.6 is 11.3 Å². The van der Waals surface area contributed by atoms with Crippen molar-refractivity contribution in [2.45, 2.75) is 31.0 Å². The summed E-state index contributed by atoms with van der Waals surface area (Å²) in [6, 6.07) is 6.24. The van der Waals surface area contributed by atoms with Gasteiger partial charge < -0.3 is 20.1 Å². The summed E-state index contributed by atoms with van der Waals surface area (Å²) in [6.45, 7) is 1.02. The Hall–Kier alpha value is -2.49. The quantitative estimate of drug-likeness (QED) is 0.592. The number of phenols is 1. The number of nitrogens with zero attached hydrogens (tertiary/aromatic N) is 4. The highest BCUT2D eigenvalue weighted by Gasteiger charge is 2.46. The Kier molecular flexibility index (Phi) is 4.73. The summed E-state index contributed by atoms with van der Waals surface area (Å²) in [5.41, 5.74) is 2.51. The van der Waals surface area contributed by atoms with Gasteiger partial charge in [-0.1, -0.05) is 17.4 Å². The normalized spacial score (nSPS) is 26.0. The zero-order chi connectivity index (χ0) is 20.0. The number of piperidine rings is 2. The molecule has 4 heterocycles. The average Bonchev–Trinajstić information content (AvgIpc) is 3.45. The predicted octanol–water partition coefficient (Wildman–Crippen LogP) is 2.50. The lowest BCUT2D eigenvalue weighted by atomic mass is 9.75. The molecule has 0 amide bonds. The Balaban J connectivity index is 1.41. The number of fused-ring (bicyclic) bond motifs is 3. The van der Waals surface area contributed by atoms with E-state index < -0.39 is 0 Å². The van der Waals surface area contributed by atoms with E-state index in [2.05, 4.69) is 37.7 Å². The molecule has 1 saturated carbocycles. The molecule has 8 nitrogen and oxygen atoms in total. The van der Waals surface area contributed by atoms with E-state index in [9.17, 15) is 5.11 Å². The Morgan fingerprint density at radius 2 is 2.14 bits per heavy atom. The highest BCUT2D eigenvalue weighted by molar-refractivity contribution is 7.18. The number of aromatic amines is 1. The van der Waals surface area contributed by atoms with Gasteiger partial charge >= 0.3 is 0 Å². The molecule has 0 radical (unpaired) electrons. The van der Waals surface area contributed by atoms with Crippen LogP contribution < -0.4 is 10.2 Å². The lowest BCUT2D eigenvalue weighted by Crippen LogP contribution is -2.66. The molecular formula is C20H24N6O2S. The van der Waals surface area contributed by atoms with Gasteiger partial charge in [-0.3, -0.25) is 5.10 Å². The van der Waals surface area contributed by atoms with Crippen LogP contribution in [0.2, 0.25) is 0 Å². The second-order valence-corrected chi connectivity index (χ2v) is 8.72. The standard InChI is InChI=1S/C20H24N6O2S/c1-26(17-12-4-6-15(21-8-12)18(17)28-2)20-25-24-19(29-20)14-5-3-11(7-16(14)27)13-9-22-23-10-13/h3,5,7,9-10,12,15,17-18,21,27H,4,6,8H2,1-2H3,(H,22,23)/t12?,15?,17-,18?/m1/s1. The Bertz CT molecular complexity index is 983. The van der Waals surface area contributed by atoms with Crippen molar-refractivity contribution in [3.63, 3.8) is 0 Å². The Morgan fingerprint density at radius 3 is 2.83 bits per heavy atom. The number of methoxy groups -OCH3 is 1. The maximum absolute atomic E-state index is 10.6. The number of aromatic nitrogens is 4. The van der Waals surface area contributed by atoms with E-state index in [1.165, 1.54) is 17.8 Å². The number of nitrogens with one attached hydrogen (secondary N) is 2. The fourth-order valence-electron chi connectivity index (χ4n) is 4.71. The van der Waals surface area contributed by atoms with Crippen LogP contribution in [0.15, 0.2) is 30.6 Å². The lowest BCUT2D eigenvalue weighted by Gasteiger charge is -2.51. The Morgan fingerprint density at radius 1 is 1.24 bits per heavy atom. The summed E-state index contributed by atoms with van der Waals surface area (Å²) < 4.78 is 5.84. The molecule has 3 N–H and O–H groups in total. The molecule has 9 heteroatoms. The van der Waals surface area contributed by atoms with Crippen LogP contribution in [0.5, 0.6) is 5.75 Å². The monoisotopic (exact) mass is 412 g/mol. The summed E-state index contributed by atoms with van der Waals surface area (Å²) in [6.07, 6.45) is 6.03. The van der Waals surface area contributed by atoms with Crippen LogP contribution in [-0.2, 0) is 4.74 Å². The van der Waals surface area contributed by atoms with E-state index in [0.29, 0.717) is 22.5 Å². The fourth-order valence-corrected chi connectivity index (χ4v) is 5.60. The number of hydrogen-bond acceptors (Lipinski definition) is 8. The molecule has 2 aromatic heterocycles. The van der Waals surface area contributed by atoms with Crippen LogP contribution in [-0.4, -0.2) is 64.4 Å². The third-order valence-corrected chi connectivity index (χ3v) is 7.25. The van der Waals surface area contributed by atoms with E-state index in [1.807, 2.05) is 12.1 Å². The number of ether oxygens (including phenoxy) is 1. The van der Waals surface area contributed by atoms with Crippen LogP contribution in [0, 0.1) is 5.92 Å². The van der Waals surface area contributed by atoms with Crippen molar-refractivity contribution in [2.75, 3.05) is 25.6 Å². The van der Waals surface area contributed by atoms with E-state index in [4.69, 9.17) is 4.74 Å². The number of H-pyrrole nitrogens is 1. The van der Waals surface area contributed by atoms with E-state index in [-0.39, 0.29) is 17.9 Å². The van der Waals surface area contributed by atoms with Gasteiger partial charge in [0.15, 0.2) is 5.01 Å². The van der Waals surface area contributed by atoms with Crippen molar-refractivity contribution in [2.24, 2.45) is 5.92 Å². The molecule has 3 aromatic rings. The minimum absolute atomic E-state index is 0.141. The highest BCUT2D eigenvalue weighted by atomic mass is 32.1. The van der Waals surface area contributed by atoms with Gasteiger partial charge in [0.05, 0.1) is 23.9 Å². The highest BCUT2D eigenvalue weighted by Crippen LogP contribution is 2.40. The first-order valence-corrected chi connectivity index (χ1v) is 10.6. The molecule has 1 aliphatic carbocycles. The van der Waals surface area contributed by atoms with Gasteiger partial charge in [-0.25, -0.2) is 0 Å². The summed E-state index contributed by atoms with van der Waals surface area (Å²) in [7, 11) is 3.86. The minimum Gasteiger partial charge on any atom is -0.507 e. The third kappa shape index (κ3) is 3.19. The fraction of sp³-hybridized carbons (Fsp3) is 0.450. The lowest BCUT2D eigenvalue weighted by molar-refractivity contribution is -0.0228. The number of aromatic hydroxyl groups is 1. The first-order valence-electron chi connectivity index (χ1n) is 9.80. The van der Waals surface area contributed by atoms with E-state index >= 15 is 0 Å². The predicted molar refractivity (Wildman–Crippen MR) is 112 cm³/mol. The molecule has 1 aromatic carbocycles. The van der Waals surface area contributed by atoms with E-state index in [0.717, 1.165) is 29.2 Å². The first-order chi connectivity index (χ1) is 14.2. The number of likely N-dealkylation sites (N-methyl/N-ethyl adjacent to an activating group) is 1. The second kappa shape index (κ2) is 7.40. The molecule has 2 aliphatic heterocycles. The first kappa shape index (κ1) is 18.5. The number of anilines is 1. The molecule has 152 valence electrons. The molecule has 3 aliphatic rings. The third-order valence-electron chi connectivity index (χ3n) is 6.20. The number of hydrogen-bond donors (Lipinski definition) is 3. The molecule has 29 heavy (non-hydrogen) atoms. The summed E-state index contributed by atoms with van der Waals surface area (Å²) in [4.78, 5) is 2.21.